The molecule has 2 rings (SSSR count). The third kappa shape index (κ3) is 4.65. The summed E-state index contributed by atoms with van der Waals surface area (Å²) in [6, 6.07) is 11.0. The quantitative estimate of drug-likeness (QED) is 0.308. The van der Waals surface area contributed by atoms with Gasteiger partial charge >= 0.3 is 50.5 Å². The number of halogens is 3. The van der Waals surface area contributed by atoms with Crippen molar-refractivity contribution in [2.45, 2.75) is 0 Å². The van der Waals surface area contributed by atoms with E-state index in [0.717, 1.165) is 10.4 Å². The third-order valence-corrected chi connectivity index (χ3v) is 1.77. The van der Waals surface area contributed by atoms with E-state index in [1.807, 2.05) is 30.3 Å². The predicted octanol–water partition coefficient (Wildman–Crippen LogP) is 0.0488. The van der Waals surface area contributed by atoms with Gasteiger partial charge in [-0.05, 0) is 18.2 Å². The Bertz CT molecular complexity index is 425. The van der Waals surface area contributed by atoms with Crippen LogP contribution < -0.4 is 18.0 Å². The van der Waals surface area contributed by atoms with Gasteiger partial charge in [0.25, 0.3) is 5.69 Å². The molecule has 2 aromatic rings. The fourth-order valence-electron chi connectivity index (χ4n) is 1.15. The summed E-state index contributed by atoms with van der Waals surface area (Å²) in [5.74, 6) is 0. The molecule has 0 unspecified atom stereocenters. The Hall–Kier alpha value is 0.290. The molecule has 0 radical (unpaired) electrons. The second-order valence-corrected chi connectivity index (χ2v) is 18.9. The van der Waals surface area contributed by atoms with Gasteiger partial charge in [-0.15, -0.1) is 0 Å². The average molecular weight is 554 g/mol. The summed E-state index contributed by atoms with van der Waals surface area (Å²) in [5, 5.41) is 9.44. The first-order valence-corrected chi connectivity index (χ1v) is 16.8. The van der Waals surface area contributed by atoms with E-state index >= 15 is 0 Å². The number of aromatic nitrogens is 2. The van der Waals surface area contributed by atoms with E-state index in [1.165, 1.54) is 0 Å². The summed E-state index contributed by atoms with van der Waals surface area (Å²) in [5.41, 5.74) is 1.44. The third-order valence-electron chi connectivity index (χ3n) is 1.77. The van der Waals surface area contributed by atoms with Crippen LogP contribution in [0.3, 0.4) is 0 Å². The van der Waals surface area contributed by atoms with Gasteiger partial charge in [0.15, 0.2) is 0 Å². The van der Waals surface area contributed by atoms with Crippen molar-refractivity contribution in [2.75, 3.05) is 0 Å². The van der Waals surface area contributed by atoms with Gasteiger partial charge < -0.3 is 0 Å². The van der Waals surface area contributed by atoms with Gasteiger partial charge in [0.05, 0.1) is 0 Å². The van der Waals surface area contributed by atoms with E-state index in [2.05, 4.69) is 42.2 Å². The molecule has 0 spiro atoms. The molecule has 0 aromatic carbocycles. The zero-order valence-electron chi connectivity index (χ0n) is 8.09. The summed E-state index contributed by atoms with van der Waals surface area (Å²) in [6.45, 7) is 0. The maximum Gasteiger partial charge on any atom is 0.282 e. The molecular formula is C10H9I3N2O. The number of nitrogens with zero attached hydrogens (tertiary/aromatic N) is 2. The van der Waals surface area contributed by atoms with Crippen molar-refractivity contribution in [3.8, 4) is 11.4 Å². The molecule has 1 N–H and O–H groups in total. The van der Waals surface area contributed by atoms with Crippen LogP contribution >= 0.6 is 37.2 Å². The molecule has 0 fully saturated rings. The largest absolute Gasteiger partial charge is 0.284 e. The summed E-state index contributed by atoms with van der Waals surface area (Å²) in [6.07, 6.45) is 3.27. The standard InChI is InChI=1S/C10H9N2O.I3/c13-12-8-4-2-6-10(12)9-5-1-3-7-11-9;1-3-2/h1-8,13H;/q+1;-1. The molecule has 0 amide bonds. The maximum atomic E-state index is 9.44. The van der Waals surface area contributed by atoms with E-state index in [9.17, 15) is 5.21 Å². The van der Waals surface area contributed by atoms with Crippen LogP contribution in [0.15, 0.2) is 48.8 Å². The van der Waals surface area contributed by atoms with Crippen LogP contribution in [0.4, 0.5) is 0 Å². The van der Waals surface area contributed by atoms with Gasteiger partial charge in [0.2, 0.25) is 6.20 Å². The molecule has 0 aliphatic carbocycles. The molecule has 6 heteroatoms. The summed E-state index contributed by atoms with van der Waals surface area (Å²) < 4.78 is 1.06. The first kappa shape index (κ1) is 14.4. The molecule has 0 saturated heterocycles. The number of hydrogen-bond acceptors (Lipinski definition) is 2. The summed E-state index contributed by atoms with van der Waals surface area (Å²) in [7, 11) is 0. The van der Waals surface area contributed by atoms with Crippen LogP contribution in [0.25, 0.3) is 11.4 Å². The van der Waals surface area contributed by atoms with E-state index in [0.29, 0.717) is 18.9 Å². The van der Waals surface area contributed by atoms with Crippen LogP contribution in [-0.2, 0) is 0 Å². The second kappa shape index (κ2) is 8.39. The fraction of sp³-hybridized carbons (Fsp3) is 0. The first-order chi connectivity index (χ1) is 7.79. The van der Waals surface area contributed by atoms with Crippen molar-refractivity contribution in [3.63, 3.8) is 0 Å². The van der Waals surface area contributed by atoms with E-state index < -0.39 is 0 Å². The predicted molar refractivity (Wildman–Crippen MR) is 75.1 cm³/mol. The Morgan fingerprint density at radius 2 is 1.81 bits per heavy atom. The van der Waals surface area contributed by atoms with Crippen LogP contribution in [0.1, 0.15) is 0 Å². The Labute approximate surface area is 124 Å². The summed E-state index contributed by atoms with van der Waals surface area (Å²) >= 11 is 5.30. The van der Waals surface area contributed by atoms with E-state index in [1.54, 1.807) is 18.5 Å². The van der Waals surface area contributed by atoms with Crippen LogP contribution in [0.5, 0.6) is 0 Å². The van der Waals surface area contributed by atoms with Gasteiger partial charge in [-0.25, -0.2) is 4.98 Å². The van der Waals surface area contributed by atoms with Crippen molar-refractivity contribution in [1.82, 2.24) is 4.98 Å². The Morgan fingerprint density at radius 1 is 1.12 bits per heavy atom. The van der Waals surface area contributed by atoms with Crippen molar-refractivity contribution in [2.24, 2.45) is 0 Å². The molecular weight excluding hydrogens is 545 g/mol. The number of rotatable bonds is 1. The van der Waals surface area contributed by atoms with Gasteiger partial charge in [-0.1, -0.05) is 6.07 Å². The number of pyridine rings is 2. The fourth-order valence-corrected chi connectivity index (χ4v) is 1.15. The van der Waals surface area contributed by atoms with Crippen LogP contribution in [0.2, 0.25) is 0 Å². The zero-order valence-corrected chi connectivity index (χ0v) is 14.6. The molecule has 2 aromatic heterocycles. The molecule has 2 heterocycles. The number of hydrogen-bond donors (Lipinski definition) is 1. The minimum absolute atomic E-state index is 0.530. The van der Waals surface area contributed by atoms with Crippen LogP contribution in [-0.4, -0.2) is 10.2 Å². The molecule has 16 heavy (non-hydrogen) atoms. The molecule has 86 valence electrons. The monoisotopic (exact) mass is 554 g/mol. The minimum Gasteiger partial charge on any atom is -0.284 e. The van der Waals surface area contributed by atoms with Crippen molar-refractivity contribution < 1.29 is 23.2 Å². The Morgan fingerprint density at radius 3 is 2.38 bits per heavy atom. The van der Waals surface area contributed by atoms with Crippen molar-refractivity contribution >= 4 is 37.2 Å². The Balaban J connectivity index is 0.000000386. The molecule has 0 atom stereocenters. The molecule has 0 bridgehead atoms. The van der Waals surface area contributed by atoms with Crippen LogP contribution in [0, 0.1) is 0 Å². The molecule has 0 aliphatic heterocycles. The first-order valence-electron chi connectivity index (χ1n) is 4.28. The molecule has 0 saturated carbocycles. The normalized spacial score (nSPS) is 9.38. The van der Waals surface area contributed by atoms with Gasteiger partial charge in [0, 0.05) is 23.1 Å². The van der Waals surface area contributed by atoms with Gasteiger partial charge in [-0.3, -0.25) is 5.21 Å². The molecule has 0 aliphatic rings. The van der Waals surface area contributed by atoms with Crippen molar-refractivity contribution in [1.29, 1.82) is 0 Å². The SMILES string of the molecule is I[I-]I.O[n+]1ccccc1-c1ccccn1. The topological polar surface area (TPSA) is 37.0 Å². The zero-order chi connectivity index (χ0) is 11.8. The maximum absolute atomic E-state index is 9.44. The summed E-state index contributed by atoms with van der Waals surface area (Å²) in [4.78, 5) is 4.13. The van der Waals surface area contributed by atoms with E-state index in [4.69, 9.17) is 0 Å². The van der Waals surface area contributed by atoms with Gasteiger partial charge in [0.1, 0.15) is 5.69 Å². The van der Waals surface area contributed by atoms with E-state index in [-0.39, 0.29) is 0 Å². The minimum atomic E-state index is 0.530. The van der Waals surface area contributed by atoms with Gasteiger partial charge in [-0.2, -0.15) is 0 Å². The molecule has 3 nitrogen and oxygen atoms in total. The average Bonchev–Trinajstić information content (AvgIpc) is 2.32. The second-order valence-electron chi connectivity index (χ2n) is 2.70. The van der Waals surface area contributed by atoms with Crippen molar-refractivity contribution in [3.05, 3.63) is 48.8 Å². The smallest absolute Gasteiger partial charge is 0.282 e. The Kier molecular flexibility index (Phi) is 7.53.